The average molecular weight is 480 g/mol. The molecule has 1 aliphatic heterocycles. The van der Waals surface area contributed by atoms with Crippen molar-refractivity contribution in [3.05, 3.63) is 29.8 Å². The highest BCUT2D eigenvalue weighted by atomic mass is 32.2. The number of carbonyl (C=O) groups is 1. The number of hydrazone groups is 1. The van der Waals surface area contributed by atoms with Gasteiger partial charge in [0.25, 0.3) is 10.0 Å². The third kappa shape index (κ3) is 7.01. The molecule has 184 valence electrons. The molecular formula is C24H37N3O5S. The van der Waals surface area contributed by atoms with E-state index >= 15 is 0 Å². The number of nitrogens with zero attached hydrogens (tertiary/aromatic N) is 1. The van der Waals surface area contributed by atoms with Crippen LogP contribution in [0.4, 0.5) is 0 Å². The molecule has 1 heterocycles. The molecule has 1 aromatic rings. The largest absolute Gasteiger partial charge is 0.378 e. The Kier molecular flexibility index (Phi) is 8.89. The second kappa shape index (κ2) is 11.4. The van der Waals surface area contributed by atoms with Gasteiger partial charge in [-0.1, -0.05) is 44.4 Å². The van der Waals surface area contributed by atoms with Gasteiger partial charge in [0.05, 0.1) is 29.8 Å². The van der Waals surface area contributed by atoms with E-state index in [2.05, 4.69) is 29.1 Å². The monoisotopic (exact) mass is 479 g/mol. The molecule has 1 aliphatic carbocycles. The van der Waals surface area contributed by atoms with Crippen LogP contribution in [0.1, 0.15) is 64.4 Å². The molecular weight excluding hydrogens is 442 g/mol. The number of nitrogens with one attached hydrogen (secondary N) is 2. The summed E-state index contributed by atoms with van der Waals surface area (Å²) in [7, 11) is -3.66. The normalized spacial score (nSPS) is 24.8. The highest BCUT2D eigenvalue weighted by Crippen LogP contribution is 2.29. The molecule has 2 unspecified atom stereocenters. The maximum atomic E-state index is 12.4. The topological polar surface area (TPSA) is 106 Å². The summed E-state index contributed by atoms with van der Waals surface area (Å²) in [6.07, 6.45) is 6.03. The number of carbonyl (C=O) groups excluding carboxylic acids is 1. The molecule has 0 spiro atoms. The van der Waals surface area contributed by atoms with Crippen molar-refractivity contribution in [2.45, 2.75) is 82.3 Å². The molecule has 2 N–H and O–H groups in total. The molecule has 1 saturated heterocycles. The summed E-state index contributed by atoms with van der Waals surface area (Å²) in [6.45, 7) is 7.36. The van der Waals surface area contributed by atoms with Gasteiger partial charge < -0.3 is 14.8 Å². The SMILES string of the molecule is CCCCC1(C(C)COC2CCC(=NNS(=O)(=O)c3ccc(C)cc3)CC2)COCC(=O)N1. The number of amides is 1. The van der Waals surface area contributed by atoms with Crippen molar-refractivity contribution in [3.8, 4) is 0 Å². The third-order valence-corrected chi connectivity index (χ3v) is 7.87. The Hall–Kier alpha value is -1.97. The first-order valence-electron chi connectivity index (χ1n) is 11.9. The van der Waals surface area contributed by atoms with Crippen LogP contribution in [0.25, 0.3) is 0 Å². The smallest absolute Gasteiger partial charge is 0.276 e. The lowest BCUT2D eigenvalue weighted by molar-refractivity contribution is -0.139. The van der Waals surface area contributed by atoms with E-state index in [0.717, 1.165) is 43.4 Å². The van der Waals surface area contributed by atoms with Crippen LogP contribution in [0.15, 0.2) is 34.3 Å². The van der Waals surface area contributed by atoms with Crippen molar-refractivity contribution in [1.82, 2.24) is 10.1 Å². The fraction of sp³-hybridized carbons (Fsp3) is 0.667. The van der Waals surface area contributed by atoms with Crippen LogP contribution in [0.2, 0.25) is 0 Å². The molecule has 1 saturated carbocycles. The standard InChI is InChI=1S/C24H37N3O5S/c1-4-5-14-24(17-31-16-23(28)25-24)19(3)15-32-21-10-8-20(9-11-21)26-27-33(29,30)22-12-6-18(2)7-13-22/h6-7,12-13,19,21,27H,4-5,8-11,14-17H2,1-3H3,(H,25,28). The van der Waals surface area contributed by atoms with E-state index in [0.29, 0.717) is 26.1 Å². The van der Waals surface area contributed by atoms with Gasteiger partial charge in [-0.2, -0.15) is 13.5 Å². The number of hydrogen-bond acceptors (Lipinski definition) is 6. The Morgan fingerprint density at radius 2 is 1.97 bits per heavy atom. The van der Waals surface area contributed by atoms with Crippen molar-refractivity contribution in [1.29, 1.82) is 0 Å². The summed E-state index contributed by atoms with van der Waals surface area (Å²) in [4.78, 5) is 14.6. The van der Waals surface area contributed by atoms with Crippen LogP contribution in [0, 0.1) is 12.8 Å². The maximum Gasteiger partial charge on any atom is 0.276 e. The average Bonchev–Trinajstić information content (AvgIpc) is 2.81. The molecule has 2 aliphatic rings. The van der Waals surface area contributed by atoms with E-state index in [1.165, 1.54) is 0 Å². The second-order valence-electron chi connectivity index (χ2n) is 9.32. The van der Waals surface area contributed by atoms with E-state index in [4.69, 9.17) is 9.47 Å². The molecule has 1 aromatic carbocycles. The minimum absolute atomic E-state index is 0.0594. The zero-order valence-corrected chi connectivity index (χ0v) is 20.7. The van der Waals surface area contributed by atoms with E-state index in [1.54, 1.807) is 24.3 Å². The minimum Gasteiger partial charge on any atom is -0.378 e. The molecule has 0 bridgehead atoms. The molecule has 1 amide bonds. The van der Waals surface area contributed by atoms with Crippen LogP contribution in [-0.4, -0.2) is 51.5 Å². The minimum atomic E-state index is -3.66. The highest BCUT2D eigenvalue weighted by molar-refractivity contribution is 7.89. The summed E-state index contributed by atoms with van der Waals surface area (Å²) in [6, 6.07) is 6.69. The Morgan fingerprint density at radius 1 is 1.27 bits per heavy atom. The number of sulfonamides is 1. The van der Waals surface area contributed by atoms with Crippen LogP contribution in [-0.2, 0) is 24.3 Å². The number of morpholine rings is 1. The van der Waals surface area contributed by atoms with Gasteiger partial charge in [-0.3, -0.25) is 4.79 Å². The zero-order valence-electron chi connectivity index (χ0n) is 19.9. The van der Waals surface area contributed by atoms with Gasteiger partial charge in [0.2, 0.25) is 5.91 Å². The number of benzene rings is 1. The number of aryl methyl sites for hydroxylation is 1. The Bertz CT molecular complexity index is 922. The van der Waals surface area contributed by atoms with Crippen LogP contribution in [0.5, 0.6) is 0 Å². The summed E-state index contributed by atoms with van der Waals surface area (Å²) < 4.78 is 36.6. The lowest BCUT2D eigenvalue weighted by Crippen LogP contribution is -2.61. The lowest BCUT2D eigenvalue weighted by atomic mass is 9.80. The van der Waals surface area contributed by atoms with E-state index < -0.39 is 10.0 Å². The zero-order chi connectivity index (χ0) is 23.9. The molecule has 0 radical (unpaired) electrons. The van der Waals surface area contributed by atoms with Gasteiger partial charge in [-0.05, 0) is 51.2 Å². The molecule has 3 rings (SSSR count). The Balaban J connectivity index is 1.48. The number of ether oxygens (including phenoxy) is 2. The molecule has 33 heavy (non-hydrogen) atoms. The van der Waals surface area contributed by atoms with E-state index in [1.807, 2.05) is 6.92 Å². The van der Waals surface area contributed by atoms with E-state index in [9.17, 15) is 13.2 Å². The Morgan fingerprint density at radius 3 is 2.61 bits per heavy atom. The van der Waals surface area contributed by atoms with Crippen molar-refractivity contribution in [3.63, 3.8) is 0 Å². The lowest BCUT2D eigenvalue weighted by Gasteiger charge is -2.43. The van der Waals surface area contributed by atoms with Crippen molar-refractivity contribution >= 4 is 21.6 Å². The maximum absolute atomic E-state index is 12.4. The van der Waals surface area contributed by atoms with Gasteiger partial charge >= 0.3 is 0 Å². The molecule has 0 aromatic heterocycles. The van der Waals surface area contributed by atoms with Gasteiger partial charge in [0.1, 0.15) is 6.61 Å². The number of rotatable bonds is 10. The number of hydrogen-bond donors (Lipinski definition) is 2. The molecule has 8 nitrogen and oxygen atoms in total. The van der Waals surface area contributed by atoms with Gasteiger partial charge in [-0.25, -0.2) is 4.83 Å². The van der Waals surface area contributed by atoms with Crippen molar-refractivity contribution in [2.24, 2.45) is 11.0 Å². The first kappa shape index (κ1) is 25.6. The summed E-state index contributed by atoms with van der Waals surface area (Å²) in [5.41, 5.74) is 1.47. The predicted octanol–water partition coefficient (Wildman–Crippen LogP) is 3.30. The van der Waals surface area contributed by atoms with Crippen LogP contribution < -0.4 is 10.1 Å². The predicted molar refractivity (Wildman–Crippen MR) is 128 cm³/mol. The number of unbranched alkanes of at least 4 members (excludes halogenated alkanes) is 1. The van der Waals surface area contributed by atoms with Gasteiger partial charge in [0, 0.05) is 11.6 Å². The fourth-order valence-electron chi connectivity index (χ4n) is 4.35. The van der Waals surface area contributed by atoms with Gasteiger partial charge in [0.15, 0.2) is 0 Å². The quantitative estimate of drug-likeness (QED) is 0.501. The van der Waals surface area contributed by atoms with Gasteiger partial charge in [-0.15, -0.1) is 0 Å². The Labute approximate surface area is 197 Å². The van der Waals surface area contributed by atoms with Crippen molar-refractivity contribution < 1.29 is 22.7 Å². The van der Waals surface area contributed by atoms with Crippen LogP contribution in [0.3, 0.4) is 0 Å². The van der Waals surface area contributed by atoms with Crippen molar-refractivity contribution in [2.75, 3.05) is 19.8 Å². The fourth-order valence-corrected chi connectivity index (χ4v) is 5.20. The molecule has 2 atom stereocenters. The van der Waals surface area contributed by atoms with E-state index in [-0.39, 0.29) is 35.0 Å². The summed E-state index contributed by atoms with van der Waals surface area (Å²) in [5, 5.41) is 7.35. The first-order valence-corrected chi connectivity index (χ1v) is 13.4. The second-order valence-corrected chi connectivity index (χ2v) is 11.0. The third-order valence-electron chi connectivity index (χ3n) is 6.65. The van der Waals surface area contributed by atoms with Crippen LogP contribution >= 0.6 is 0 Å². The molecule has 9 heteroatoms. The summed E-state index contributed by atoms with van der Waals surface area (Å²) >= 11 is 0. The highest BCUT2D eigenvalue weighted by Gasteiger charge is 2.40. The summed E-state index contributed by atoms with van der Waals surface area (Å²) in [5.74, 6) is 0.0699. The first-order chi connectivity index (χ1) is 15.7. The molecule has 2 fully saturated rings.